The lowest BCUT2D eigenvalue weighted by Crippen LogP contribution is -2.55. The number of halogens is 1. The fraction of sp³-hybridized carbons (Fsp3) is 0.893. The number of rotatable bonds is 5. The highest BCUT2D eigenvalue weighted by Crippen LogP contribution is 2.69. The van der Waals surface area contributed by atoms with Crippen molar-refractivity contribution in [3.63, 3.8) is 0 Å². The zero-order chi connectivity index (χ0) is 22.9. The van der Waals surface area contributed by atoms with Gasteiger partial charge < -0.3 is 14.3 Å². The number of unbranched alkanes of at least 4 members (excludes halogenated alkanes) is 1. The van der Waals surface area contributed by atoms with Gasteiger partial charge in [0.25, 0.3) is 0 Å². The van der Waals surface area contributed by atoms with E-state index in [1.54, 1.807) is 0 Å². The van der Waals surface area contributed by atoms with Crippen LogP contribution in [0.2, 0.25) is 0 Å². The Morgan fingerprint density at radius 1 is 1.03 bits per heavy atom. The second-order valence-electron chi connectivity index (χ2n) is 12.8. The normalized spacial score (nSPS) is 47.9. The number of aldehydes is 1. The lowest BCUT2D eigenvalue weighted by molar-refractivity contribution is -0.154. The highest BCUT2D eigenvalue weighted by atomic mass is 19.1. The average Bonchev–Trinajstić information content (AvgIpc) is 3.24. The second kappa shape index (κ2) is 7.90. The Morgan fingerprint density at radius 3 is 2.50 bits per heavy atom. The molecule has 5 rings (SSSR count). The summed E-state index contributed by atoms with van der Waals surface area (Å²) in [5, 5.41) is 0. The number of ether oxygens (including phenoxy) is 2. The van der Waals surface area contributed by atoms with Crippen LogP contribution in [0.1, 0.15) is 98.8 Å². The molecule has 0 aromatic heterocycles. The quantitative estimate of drug-likeness (QED) is 0.337. The summed E-state index contributed by atoms with van der Waals surface area (Å²) in [6.45, 7) is 11.3. The first kappa shape index (κ1) is 23.0. The fourth-order valence-electron chi connectivity index (χ4n) is 9.24. The van der Waals surface area contributed by atoms with Crippen molar-refractivity contribution in [3.8, 4) is 0 Å². The molecule has 0 amide bonds. The molecule has 0 N–H and O–H groups in total. The molecule has 180 valence electrons. The van der Waals surface area contributed by atoms with Crippen LogP contribution >= 0.6 is 0 Å². The Labute approximate surface area is 193 Å². The molecule has 1 heterocycles. The number of allylic oxidation sites excluding steroid dienone is 2. The summed E-state index contributed by atoms with van der Waals surface area (Å²) in [4.78, 5) is 10.8. The van der Waals surface area contributed by atoms with E-state index in [2.05, 4.69) is 20.8 Å². The third-order valence-electron chi connectivity index (χ3n) is 10.7. The van der Waals surface area contributed by atoms with Crippen LogP contribution in [-0.2, 0) is 14.3 Å². The van der Waals surface area contributed by atoms with Crippen LogP contribution in [0.3, 0.4) is 0 Å². The fourth-order valence-corrected chi connectivity index (χ4v) is 9.24. The van der Waals surface area contributed by atoms with E-state index >= 15 is 4.39 Å². The van der Waals surface area contributed by atoms with E-state index in [1.807, 2.05) is 13.8 Å². The molecule has 4 fully saturated rings. The Morgan fingerprint density at radius 2 is 1.75 bits per heavy atom. The van der Waals surface area contributed by atoms with Gasteiger partial charge in [0.2, 0.25) is 0 Å². The van der Waals surface area contributed by atoms with Crippen LogP contribution in [0.5, 0.6) is 0 Å². The molecule has 5 aliphatic rings. The van der Waals surface area contributed by atoms with Gasteiger partial charge in [-0.05, 0) is 105 Å². The van der Waals surface area contributed by atoms with Gasteiger partial charge in [-0.25, -0.2) is 4.39 Å². The predicted molar refractivity (Wildman–Crippen MR) is 124 cm³/mol. The molecule has 0 aromatic rings. The van der Waals surface area contributed by atoms with E-state index in [0.29, 0.717) is 36.5 Å². The van der Waals surface area contributed by atoms with Crippen molar-refractivity contribution in [1.82, 2.24) is 0 Å². The van der Waals surface area contributed by atoms with Gasteiger partial charge >= 0.3 is 0 Å². The minimum atomic E-state index is -0.551. The molecule has 32 heavy (non-hydrogen) atoms. The van der Waals surface area contributed by atoms with E-state index < -0.39 is 5.79 Å². The van der Waals surface area contributed by atoms with E-state index in [9.17, 15) is 4.79 Å². The monoisotopic (exact) mass is 446 g/mol. The average molecular weight is 447 g/mol. The van der Waals surface area contributed by atoms with Gasteiger partial charge in [0.05, 0.1) is 12.2 Å². The van der Waals surface area contributed by atoms with Gasteiger partial charge in [-0.2, -0.15) is 0 Å². The van der Waals surface area contributed by atoms with Crippen molar-refractivity contribution in [2.75, 3.05) is 0 Å². The summed E-state index contributed by atoms with van der Waals surface area (Å²) in [6.07, 6.45) is 11.3. The number of hydrogen-bond donors (Lipinski definition) is 0. The van der Waals surface area contributed by atoms with Gasteiger partial charge in [-0.15, -0.1) is 0 Å². The summed E-state index contributed by atoms with van der Waals surface area (Å²) in [5.74, 6) is 1.87. The Kier molecular flexibility index (Phi) is 5.68. The van der Waals surface area contributed by atoms with E-state index in [0.717, 1.165) is 44.8 Å². The van der Waals surface area contributed by atoms with Crippen molar-refractivity contribution < 1.29 is 18.7 Å². The summed E-state index contributed by atoms with van der Waals surface area (Å²) in [7, 11) is 0. The first-order chi connectivity index (χ1) is 15.1. The molecule has 3 saturated carbocycles. The third-order valence-corrected chi connectivity index (χ3v) is 10.7. The lowest BCUT2D eigenvalue weighted by atomic mass is 9.47. The summed E-state index contributed by atoms with van der Waals surface area (Å²) in [5.41, 5.74) is 1.53. The SMILES string of the molecule is C[C@H](CCCC=O)[C@H]1CC[C@H]2C3=C(F)CC4[C@H]5OC(C)(C)O[C@H]5CC[C@]4(C)[C@H]3CC[C@]12C. The van der Waals surface area contributed by atoms with Gasteiger partial charge in [0.15, 0.2) is 5.79 Å². The molecule has 9 atom stereocenters. The molecule has 1 saturated heterocycles. The van der Waals surface area contributed by atoms with Crippen molar-refractivity contribution in [1.29, 1.82) is 0 Å². The molecule has 3 nitrogen and oxygen atoms in total. The van der Waals surface area contributed by atoms with Gasteiger partial charge in [0, 0.05) is 12.8 Å². The van der Waals surface area contributed by atoms with Crippen molar-refractivity contribution >= 4 is 6.29 Å². The highest BCUT2D eigenvalue weighted by molar-refractivity contribution is 5.48. The molecular weight excluding hydrogens is 403 g/mol. The third kappa shape index (κ3) is 3.37. The maximum Gasteiger partial charge on any atom is 0.163 e. The predicted octanol–water partition coefficient (Wildman–Crippen LogP) is 7.00. The molecule has 0 bridgehead atoms. The Hall–Kier alpha value is -0.740. The van der Waals surface area contributed by atoms with Crippen LogP contribution in [0.15, 0.2) is 11.4 Å². The summed E-state index contributed by atoms with van der Waals surface area (Å²) < 4.78 is 28.6. The maximum absolute atomic E-state index is 16.0. The second-order valence-corrected chi connectivity index (χ2v) is 12.8. The summed E-state index contributed by atoms with van der Waals surface area (Å²) >= 11 is 0. The molecule has 0 radical (unpaired) electrons. The van der Waals surface area contributed by atoms with Crippen molar-refractivity contribution in [2.24, 2.45) is 40.4 Å². The molecular formula is C28H43FO3. The first-order valence-electron chi connectivity index (χ1n) is 13.3. The number of hydrogen-bond acceptors (Lipinski definition) is 3. The van der Waals surface area contributed by atoms with Gasteiger partial charge in [-0.3, -0.25) is 0 Å². The number of carbonyl (C=O) groups is 1. The molecule has 4 aliphatic carbocycles. The number of fused-ring (bicyclic) bond motifs is 7. The lowest BCUT2D eigenvalue weighted by Gasteiger charge is -2.58. The molecule has 1 unspecified atom stereocenters. The number of carbonyl (C=O) groups excluding carboxylic acids is 1. The zero-order valence-corrected chi connectivity index (χ0v) is 20.8. The first-order valence-corrected chi connectivity index (χ1v) is 13.3. The van der Waals surface area contributed by atoms with Crippen LogP contribution < -0.4 is 0 Å². The van der Waals surface area contributed by atoms with Gasteiger partial charge in [0.1, 0.15) is 12.1 Å². The smallest absolute Gasteiger partial charge is 0.163 e. The largest absolute Gasteiger partial charge is 0.345 e. The van der Waals surface area contributed by atoms with E-state index in [-0.39, 0.29) is 34.8 Å². The van der Waals surface area contributed by atoms with Crippen molar-refractivity contribution in [3.05, 3.63) is 11.4 Å². The molecule has 4 heteroatoms. The highest BCUT2D eigenvalue weighted by Gasteiger charge is 2.63. The standard InChI is InChI=1S/C28H43FO3/c1-17(8-6-7-15-30)18-9-10-19-24-20(11-13-27(18,19)4)28(5)14-12-23-25(21(28)16-22(24)29)32-26(2,3)31-23/h15,17-21,23,25H,6-14,16H2,1-5H3/t17-,18-,19+,20+,21?,23+,25-,27-,28-/m1/s1. The molecule has 1 aliphatic heterocycles. The van der Waals surface area contributed by atoms with Crippen LogP contribution in [0.4, 0.5) is 4.39 Å². The van der Waals surface area contributed by atoms with Crippen LogP contribution in [0, 0.1) is 40.4 Å². The molecule has 0 aromatic carbocycles. The topological polar surface area (TPSA) is 35.5 Å². The van der Waals surface area contributed by atoms with Gasteiger partial charge in [-0.1, -0.05) is 27.2 Å². The van der Waals surface area contributed by atoms with Crippen molar-refractivity contribution in [2.45, 2.75) is 117 Å². The maximum atomic E-state index is 16.0. The minimum Gasteiger partial charge on any atom is -0.345 e. The Balaban J connectivity index is 1.42. The van der Waals surface area contributed by atoms with Crippen LogP contribution in [0.25, 0.3) is 0 Å². The summed E-state index contributed by atoms with van der Waals surface area (Å²) in [6, 6.07) is 0. The molecule has 0 spiro atoms. The zero-order valence-electron chi connectivity index (χ0n) is 20.8. The van der Waals surface area contributed by atoms with E-state index in [1.165, 1.54) is 18.4 Å². The minimum absolute atomic E-state index is 0.0264. The van der Waals surface area contributed by atoms with E-state index in [4.69, 9.17) is 9.47 Å². The van der Waals surface area contributed by atoms with Crippen LogP contribution in [-0.4, -0.2) is 24.3 Å². The Bertz CT molecular complexity index is 790.